The van der Waals surface area contributed by atoms with E-state index >= 15 is 0 Å². The molecule has 3 aromatic rings. The maximum absolute atomic E-state index is 13.0. The molecule has 5 rings (SSSR count). The van der Waals surface area contributed by atoms with Gasteiger partial charge in [-0.3, -0.25) is 14.6 Å². The van der Waals surface area contributed by atoms with Gasteiger partial charge in [0.25, 0.3) is 11.8 Å². The van der Waals surface area contributed by atoms with Gasteiger partial charge < -0.3 is 4.52 Å². The second kappa shape index (κ2) is 7.03. The molecule has 3 heterocycles. The topological polar surface area (TPSA) is 104 Å². The molecule has 1 aromatic heterocycles. The summed E-state index contributed by atoms with van der Waals surface area (Å²) in [6.07, 6.45) is 0. The number of hydrogen-bond donors (Lipinski definition) is 0. The van der Waals surface area contributed by atoms with Gasteiger partial charge in [-0.05, 0) is 31.2 Å². The lowest BCUT2D eigenvalue weighted by Gasteiger charge is -2.19. The standard InChI is InChI=1S/C20H15ClN6O3/c1-11-6-8-12(9-7-11)27-19(28)16-17(20(27)29)26(25-23-16)10-15-22-18(24-30-15)13-4-2-3-5-14(13)21/h2-9,16-17H,10H2,1H3/t16-,17+/m0/s1. The average Bonchev–Trinajstić information content (AvgIpc) is 3.42. The van der Waals surface area contributed by atoms with Gasteiger partial charge in [0, 0.05) is 5.56 Å². The SMILES string of the molecule is Cc1ccc(N2C(=O)[C@H]3N=NN(Cc4nc(-c5ccccc5Cl)no4)[C@H]3C2=O)cc1. The Morgan fingerprint density at radius 2 is 1.83 bits per heavy atom. The molecule has 2 atom stereocenters. The zero-order valence-corrected chi connectivity index (χ0v) is 16.5. The Balaban J connectivity index is 1.37. The van der Waals surface area contributed by atoms with Crippen molar-refractivity contribution in [2.75, 3.05) is 4.90 Å². The molecule has 2 aliphatic heterocycles. The quantitative estimate of drug-likeness (QED) is 0.598. The average molecular weight is 423 g/mol. The minimum absolute atomic E-state index is 0.0445. The van der Waals surface area contributed by atoms with Crippen LogP contribution in [0.4, 0.5) is 5.69 Å². The number of imide groups is 1. The smallest absolute Gasteiger partial charge is 0.263 e. The van der Waals surface area contributed by atoms with Crippen molar-refractivity contribution in [1.82, 2.24) is 15.1 Å². The molecule has 30 heavy (non-hydrogen) atoms. The molecule has 2 amide bonds. The van der Waals surface area contributed by atoms with E-state index in [0.29, 0.717) is 22.1 Å². The van der Waals surface area contributed by atoms with Crippen molar-refractivity contribution in [1.29, 1.82) is 0 Å². The molecule has 2 aliphatic rings. The highest BCUT2D eigenvalue weighted by molar-refractivity contribution is 6.33. The van der Waals surface area contributed by atoms with E-state index in [4.69, 9.17) is 16.1 Å². The van der Waals surface area contributed by atoms with E-state index in [0.717, 1.165) is 10.5 Å². The Labute approximate surface area is 175 Å². The predicted octanol–water partition coefficient (Wildman–Crippen LogP) is 3.19. The third-order valence-electron chi connectivity index (χ3n) is 5.03. The monoisotopic (exact) mass is 422 g/mol. The fraction of sp³-hybridized carbons (Fsp3) is 0.200. The van der Waals surface area contributed by atoms with Gasteiger partial charge in [-0.15, -0.1) is 0 Å². The molecule has 9 nitrogen and oxygen atoms in total. The molecular formula is C20H15ClN6O3. The van der Waals surface area contributed by atoms with Crippen LogP contribution >= 0.6 is 11.6 Å². The van der Waals surface area contributed by atoms with Crippen LogP contribution in [0.3, 0.4) is 0 Å². The number of rotatable bonds is 4. The lowest BCUT2D eigenvalue weighted by molar-refractivity contribution is -0.123. The molecule has 0 N–H and O–H groups in total. The maximum Gasteiger partial charge on any atom is 0.263 e. The number of hydrogen-bond acceptors (Lipinski definition) is 8. The molecule has 150 valence electrons. The van der Waals surface area contributed by atoms with Crippen molar-refractivity contribution in [3.05, 3.63) is 65.0 Å². The van der Waals surface area contributed by atoms with Crippen LogP contribution in [0.1, 0.15) is 11.5 Å². The lowest BCUT2D eigenvalue weighted by Crippen LogP contribution is -2.39. The number of fused-ring (bicyclic) bond motifs is 1. The molecule has 0 aliphatic carbocycles. The minimum Gasteiger partial charge on any atom is -0.337 e. The van der Waals surface area contributed by atoms with Gasteiger partial charge in [0.1, 0.15) is 6.54 Å². The molecule has 0 radical (unpaired) electrons. The summed E-state index contributed by atoms with van der Waals surface area (Å²) in [5, 5.41) is 13.9. The summed E-state index contributed by atoms with van der Waals surface area (Å²) in [5.74, 6) is -0.218. The van der Waals surface area contributed by atoms with Gasteiger partial charge in [0.2, 0.25) is 11.7 Å². The van der Waals surface area contributed by atoms with Crippen LogP contribution in [0, 0.1) is 6.92 Å². The molecule has 1 fully saturated rings. The van der Waals surface area contributed by atoms with Gasteiger partial charge in [0.05, 0.1) is 10.7 Å². The van der Waals surface area contributed by atoms with E-state index in [-0.39, 0.29) is 18.3 Å². The first-order valence-corrected chi connectivity index (χ1v) is 9.60. The van der Waals surface area contributed by atoms with E-state index in [1.165, 1.54) is 5.01 Å². The third kappa shape index (κ3) is 2.94. The molecule has 2 aromatic carbocycles. The van der Waals surface area contributed by atoms with Gasteiger partial charge >= 0.3 is 0 Å². The van der Waals surface area contributed by atoms with E-state index in [1.54, 1.807) is 30.3 Å². The number of aromatic nitrogens is 2. The van der Waals surface area contributed by atoms with E-state index in [2.05, 4.69) is 20.5 Å². The largest absolute Gasteiger partial charge is 0.337 e. The highest BCUT2D eigenvalue weighted by Gasteiger charge is 2.55. The number of anilines is 1. The number of halogens is 1. The summed E-state index contributed by atoms with van der Waals surface area (Å²) in [6, 6.07) is 12.6. The van der Waals surface area contributed by atoms with Crippen LogP contribution in [0.25, 0.3) is 11.4 Å². The second-order valence-corrected chi connectivity index (χ2v) is 7.44. The molecule has 10 heteroatoms. The van der Waals surface area contributed by atoms with Crippen molar-refractivity contribution in [2.24, 2.45) is 10.3 Å². The second-order valence-electron chi connectivity index (χ2n) is 7.03. The highest BCUT2D eigenvalue weighted by Crippen LogP contribution is 2.33. The number of carbonyl (C=O) groups is 2. The number of aryl methyl sites for hydroxylation is 1. The molecule has 0 spiro atoms. The van der Waals surface area contributed by atoms with Gasteiger partial charge in [-0.1, -0.05) is 51.8 Å². The number of amides is 2. The number of benzene rings is 2. The van der Waals surface area contributed by atoms with Crippen LogP contribution in [0.2, 0.25) is 5.02 Å². The Kier molecular flexibility index (Phi) is 4.32. The zero-order chi connectivity index (χ0) is 20.8. The molecule has 0 unspecified atom stereocenters. The summed E-state index contributed by atoms with van der Waals surface area (Å²) >= 11 is 6.18. The summed E-state index contributed by atoms with van der Waals surface area (Å²) in [6.45, 7) is 1.98. The summed E-state index contributed by atoms with van der Waals surface area (Å²) in [4.78, 5) is 31.3. The Bertz CT molecular complexity index is 1180. The van der Waals surface area contributed by atoms with Crippen LogP contribution in [-0.4, -0.2) is 39.0 Å². The number of nitrogens with zero attached hydrogens (tertiary/aromatic N) is 6. The van der Waals surface area contributed by atoms with E-state index < -0.39 is 18.0 Å². The number of carbonyl (C=O) groups excluding carboxylic acids is 2. The van der Waals surface area contributed by atoms with Crippen molar-refractivity contribution in [3.8, 4) is 11.4 Å². The van der Waals surface area contributed by atoms with Crippen LogP contribution in [0.5, 0.6) is 0 Å². The summed E-state index contributed by atoms with van der Waals surface area (Å²) < 4.78 is 5.30. The molecular weight excluding hydrogens is 408 g/mol. The van der Waals surface area contributed by atoms with Gasteiger partial charge in [-0.2, -0.15) is 10.1 Å². The van der Waals surface area contributed by atoms with Crippen LogP contribution < -0.4 is 4.90 Å². The molecule has 0 saturated carbocycles. The first-order chi connectivity index (χ1) is 14.5. The van der Waals surface area contributed by atoms with Crippen LogP contribution in [0.15, 0.2) is 63.4 Å². The maximum atomic E-state index is 13.0. The van der Waals surface area contributed by atoms with Crippen LogP contribution in [-0.2, 0) is 16.1 Å². The fourth-order valence-electron chi connectivity index (χ4n) is 3.51. The first-order valence-electron chi connectivity index (χ1n) is 9.22. The first kappa shape index (κ1) is 18.4. The van der Waals surface area contributed by atoms with Gasteiger partial charge in [-0.25, -0.2) is 4.90 Å². The summed E-state index contributed by atoms with van der Waals surface area (Å²) in [7, 11) is 0. The van der Waals surface area contributed by atoms with Crippen molar-refractivity contribution < 1.29 is 14.1 Å². The summed E-state index contributed by atoms with van der Waals surface area (Å²) in [5.41, 5.74) is 2.18. The molecule has 0 bridgehead atoms. The Hall–Kier alpha value is -3.59. The lowest BCUT2D eigenvalue weighted by atomic mass is 10.1. The normalized spacial score (nSPS) is 20.3. The van der Waals surface area contributed by atoms with E-state index in [1.807, 2.05) is 25.1 Å². The minimum atomic E-state index is -0.884. The molecule has 1 saturated heterocycles. The predicted molar refractivity (Wildman–Crippen MR) is 106 cm³/mol. The van der Waals surface area contributed by atoms with Crippen molar-refractivity contribution in [2.45, 2.75) is 25.6 Å². The van der Waals surface area contributed by atoms with Gasteiger partial charge in [0.15, 0.2) is 12.1 Å². The highest BCUT2D eigenvalue weighted by atomic mass is 35.5. The van der Waals surface area contributed by atoms with E-state index in [9.17, 15) is 9.59 Å². The van der Waals surface area contributed by atoms with Crippen molar-refractivity contribution in [3.63, 3.8) is 0 Å². The fourth-order valence-corrected chi connectivity index (χ4v) is 3.73. The Morgan fingerprint density at radius 1 is 1.07 bits per heavy atom. The third-order valence-corrected chi connectivity index (χ3v) is 5.36. The van der Waals surface area contributed by atoms with Crippen molar-refractivity contribution >= 4 is 29.1 Å². The zero-order valence-electron chi connectivity index (χ0n) is 15.8. The Morgan fingerprint density at radius 3 is 2.60 bits per heavy atom.